The highest BCUT2D eigenvalue weighted by molar-refractivity contribution is 5.92. The summed E-state index contributed by atoms with van der Waals surface area (Å²) in [5.74, 6) is -0.482. The Morgan fingerprint density at radius 2 is 2.04 bits per heavy atom. The fourth-order valence-electron chi connectivity index (χ4n) is 3.61. The number of benzene rings is 2. The maximum atomic E-state index is 13.2. The van der Waals surface area contributed by atoms with E-state index in [9.17, 15) is 9.18 Å². The Hall–Kier alpha value is -2.80. The number of rotatable bonds is 4. The Morgan fingerprint density at radius 3 is 2.81 bits per heavy atom. The smallest absolute Gasteiger partial charge is 0.238 e. The molecule has 2 heterocycles. The number of hydrogen-bond donors (Lipinski definition) is 1. The predicted octanol–water partition coefficient (Wildman–Crippen LogP) is 3.15. The van der Waals surface area contributed by atoms with Gasteiger partial charge in [-0.3, -0.25) is 9.69 Å². The Morgan fingerprint density at radius 1 is 1.22 bits per heavy atom. The van der Waals surface area contributed by atoms with Crippen LogP contribution in [0.25, 0.3) is 11.0 Å². The molecule has 1 aliphatic rings. The maximum absolute atomic E-state index is 13.2. The number of aromatic nitrogens is 3. The van der Waals surface area contributed by atoms with Gasteiger partial charge in [0, 0.05) is 18.8 Å². The number of anilines is 1. The number of nitrogens with one attached hydrogen (secondary N) is 1. The molecule has 1 amide bonds. The summed E-state index contributed by atoms with van der Waals surface area (Å²) in [5.41, 5.74) is 3.64. The van der Waals surface area contributed by atoms with Crippen molar-refractivity contribution in [2.45, 2.75) is 25.8 Å². The number of piperidine rings is 1. The number of halogens is 1. The highest BCUT2D eigenvalue weighted by atomic mass is 19.1. The van der Waals surface area contributed by atoms with Gasteiger partial charge in [-0.2, -0.15) is 0 Å². The molecular formula is C20H22FN5O. The minimum atomic E-state index is -0.358. The van der Waals surface area contributed by atoms with E-state index in [1.54, 1.807) is 12.1 Å². The van der Waals surface area contributed by atoms with Gasteiger partial charge in [0.25, 0.3) is 0 Å². The van der Waals surface area contributed by atoms with Crippen molar-refractivity contribution in [2.75, 3.05) is 25.0 Å². The first-order chi connectivity index (χ1) is 13.1. The van der Waals surface area contributed by atoms with Crippen molar-refractivity contribution in [3.8, 4) is 0 Å². The Balaban J connectivity index is 1.34. The molecule has 0 aliphatic carbocycles. The molecular weight excluding hydrogens is 345 g/mol. The van der Waals surface area contributed by atoms with E-state index in [0.29, 0.717) is 18.3 Å². The number of nitrogens with zero attached hydrogens (tertiary/aromatic N) is 4. The molecule has 0 spiro atoms. The quantitative estimate of drug-likeness (QED) is 0.769. The lowest BCUT2D eigenvalue weighted by Crippen LogP contribution is -2.39. The summed E-state index contributed by atoms with van der Waals surface area (Å²) in [6.07, 6.45) is 1.83. The summed E-state index contributed by atoms with van der Waals surface area (Å²) in [5, 5.41) is 11.4. The average molecular weight is 367 g/mol. The topological polar surface area (TPSA) is 63.1 Å². The van der Waals surface area contributed by atoms with Crippen LogP contribution < -0.4 is 5.32 Å². The molecule has 0 bridgehead atoms. The normalized spacial score (nSPS) is 15.9. The molecule has 7 heteroatoms. The van der Waals surface area contributed by atoms with E-state index in [2.05, 4.69) is 32.7 Å². The summed E-state index contributed by atoms with van der Waals surface area (Å²) in [6.45, 7) is 3.98. The number of aryl methyl sites for hydroxylation is 1. The Bertz CT molecular complexity index is 962. The van der Waals surface area contributed by atoms with Gasteiger partial charge in [0.15, 0.2) is 0 Å². The molecule has 3 aromatic rings. The Labute approximate surface area is 157 Å². The van der Waals surface area contributed by atoms with Crippen LogP contribution in [0.15, 0.2) is 42.5 Å². The lowest BCUT2D eigenvalue weighted by molar-refractivity contribution is -0.117. The van der Waals surface area contributed by atoms with Crippen molar-refractivity contribution in [3.05, 3.63) is 53.8 Å². The van der Waals surface area contributed by atoms with Crippen molar-refractivity contribution in [1.29, 1.82) is 0 Å². The van der Waals surface area contributed by atoms with Gasteiger partial charge >= 0.3 is 0 Å². The molecule has 1 saturated heterocycles. The van der Waals surface area contributed by atoms with E-state index in [4.69, 9.17) is 0 Å². The third kappa shape index (κ3) is 3.98. The van der Waals surface area contributed by atoms with E-state index in [-0.39, 0.29) is 11.7 Å². The largest absolute Gasteiger partial charge is 0.325 e. The highest BCUT2D eigenvalue weighted by Gasteiger charge is 2.24. The molecule has 1 fully saturated rings. The standard InChI is InChI=1S/C20H22FN5O/c1-14-5-6-19-18(11-14)23-24-26(19)17-7-9-25(10-8-17)13-20(27)22-16-4-2-3-15(21)12-16/h2-6,11-12,17H,7-10,13H2,1H3,(H,22,27). The Kier molecular flexibility index (Phi) is 4.85. The average Bonchev–Trinajstić information content (AvgIpc) is 3.05. The zero-order valence-corrected chi connectivity index (χ0v) is 15.2. The summed E-state index contributed by atoms with van der Waals surface area (Å²) >= 11 is 0. The molecule has 1 aromatic heterocycles. The SMILES string of the molecule is Cc1ccc2c(c1)nnn2C1CCN(CC(=O)Nc2cccc(F)c2)CC1. The van der Waals surface area contributed by atoms with Crippen molar-refractivity contribution < 1.29 is 9.18 Å². The van der Waals surface area contributed by atoms with Gasteiger partial charge < -0.3 is 5.32 Å². The molecule has 0 atom stereocenters. The van der Waals surface area contributed by atoms with Gasteiger partial charge in [-0.1, -0.05) is 17.3 Å². The van der Waals surface area contributed by atoms with E-state index in [0.717, 1.165) is 37.0 Å². The fraction of sp³-hybridized carbons (Fsp3) is 0.350. The van der Waals surface area contributed by atoms with Crippen LogP contribution in [0.4, 0.5) is 10.1 Å². The minimum Gasteiger partial charge on any atom is -0.325 e. The van der Waals surface area contributed by atoms with Gasteiger partial charge in [0.1, 0.15) is 11.3 Å². The fourth-order valence-corrected chi connectivity index (χ4v) is 3.61. The second-order valence-electron chi connectivity index (χ2n) is 7.09. The first kappa shape index (κ1) is 17.6. The first-order valence-electron chi connectivity index (χ1n) is 9.18. The highest BCUT2D eigenvalue weighted by Crippen LogP contribution is 2.25. The van der Waals surface area contributed by atoms with Gasteiger partial charge in [-0.15, -0.1) is 5.10 Å². The van der Waals surface area contributed by atoms with Gasteiger partial charge in [0.2, 0.25) is 5.91 Å². The van der Waals surface area contributed by atoms with Crippen molar-refractivity contribution in [1.82, 2.24) is 19.9 Å². The van der Waals surface area contributed by atoms with Crippen LogP contribution in [-0.4, -0.2) is 45.4 Å². The molecule has 140 valence electrons. The number of carbonyl (C=O) groups is 1. The third-order valence-corrected chi connectivity index (χ3v) is 5.01. The van der Waals surface area contributed by atoms with Gasteiger partial charge in [0.05, 0.1) is 18.1 Å². The van der Waals surface area contributed by atoms with Crippen LogP contribution in [0.5, 0.6) is 0 Å². The lowest BCUT2D eigenvalue weighted by Gasteiger charge is -2.31. The van der Waals surface area contributed by atoms with Crippen LogP contribution in [0.1, 0.15) is 24.4 Å². The zero-order valence-electron chi connectivity index (χ0n) is 15.2. The third-order valence-electron chi connectivity index (χ3n) is 5.01. The van der Waals surface area contributed by atoms with Crippen LogP contribution in [0.2, 0.25) is 0 Å². The van der Waals surface area contributed by atoms with E-state index < -0.39 is 0 Å². The van der Waals surface area contributed by atoms with Crippen molar-refractivity contribution in [2.24, 2.45) is 0 Å². The van der Waals surface area contributed by atoms with Gasteiger partial charge in [-0.25, -0.2) is 9.07 Å². The number of hydrogen-bond acceptors (Lipinski definition) is 4. The van der Waals surface area contributed by atoms with Crippen molar-refractivity contribution in [3.63, 3.8) is 0 Å². The monoisotopic (exact) mass is 367 g/mol. The number of amides is 1. The second kappa shape index (κ2) is 7.44. The molecule has 1 N–H and O–H groups in total. The molecule has 0 saturated carbocycles. The molecule has 2 aromatic carbocycles. The van der Waals surface area contributed by atoms with Gasteiger partial charge in [-0.05, 0) is 55.7 Å². The number of fused-ring (bicyclic) bond motifs is 1. The second-order valence-corrected chi connectivity index (χ2v) is 7.09. The van der Waals surface area contributed by atoms with Crippen LogP contribution in [0, 0.1) is 12.7 Å². The molecule has 4 rings (SSSR count). The molecule has 0 radical (unpaired) electrons. The predicted molar refractivity (Wildman–Crippen MR) is 102 cm³/mol. The van der Waals surface area contributed by atoms with Crippen LogP contribution >= 0.6 is 0 Å². The summed E-state index contributed by atoms with van der Waals surface area (Å²) in [7, 11) is 0. The number of carbonyl (C=O) groups excluding carboxylic acids is 1. The lowest BCUT2D eigenvalue weighted by atomic mass is 10.0. The summed E-state index contributed by atoms with van der Waals surface area (Å²) < 4.78 is 15.2. The zero-order chi connectivity index (χ0) is 18.8. The summed E-state index contributed by atoms with van der Waals surface area (Å²) in [6, 6.07) is 12.4. The van der Waals surface area contributed by atoms with E-state index in [1.807, 2.05) is 17.7 Å². The molecule has 6 nitrogen and oxygen atoms in total. The van der Waals surface area contributed by atoms with Crippen LogP contribution in [-0.2, 0) is 4.79 Å². The van der Waals surface area contributed by atoms with Crippen molar-refractivity contribution >= 4 is 22.6 Å². The molecule has 1 aliphatic heterocycles. The van der Waals surface area contributed by atoms with E-state index >= 15 is 0 Å². The number of likely N-dealkylation sites (tertiary alicyclic amines) is 1. The maximum Gasteiger partial charge on any atom is 0.238 e. The van der Waals surface area contributed by atoms with E-state index in [1.165, 1.54) is 17.7 Å². The summed E-state index contributed by atoms with van der Waals surface area (Å²) in [4.78, 5) is 14.3. The first-order valence-corrected chi connectivity index (χ1v) is 9.18. The molecule has 27 heavy (non-hydrogen) atoms. The minimum absolute atomic E-state index is 0.124. The molecule has 0 unspecified atom stereocenters. The van der Waals surface area contributed by atoms with Crippen LogP contribution in [0.3, 0.4) is 0 Å².